The van der Waals surface area contributed by atoms with E-state index in [4.69, 9.17) is 34.8 Å². The molecule has 1 aliphatic heterocycles. The average Bonchev–Trinajstić information content (AvgIpc) is 2.65. The fraction of sp³-hybridized carbons (Fsp3) is 0.211. The molecule has 29 heavy (non-hydrogen) atoms. The number of amides is 3. The zero-order chi connectivity index (χ0) is 21.1. The monoisotopic (exact) mass is 471 g/mol. The van der Waals surface area contributed by atoms with Crippen LogP contribution in [0.4, 0.5) is 11.4 Å². The van der Waals surface area contributed by atoms with Gasteiger partial charge in [0.25, 0.3) is 0 Å². The highest BCUT2D eigenvalue weighted by Gasteiger charge is 2.30. The van der Waals surface area contributed by atoms with Crippen molar-refractivity contribution in [1.29, 1.82) is 0 Å². The maximum Gasteiger partial charge on any atom is 0.244 e. The van der Waals surface area contributed by atoms with Gasteiger partial charge < -0.3 is 15.5 Å². The molecule has 3 rings (SSSR count). The summed E-state index contributed by atoms with van der Waals surface area (Å²) in [7, 11) is 1.50. The Kier molecular flexibility index (Phi) is 6.95. The van der Waals surface area contributed by atoms with E-state index in [0.717, 1.165) is 4.90 Å². The van der Waals surface area contributed by atoms with Crippen LogP contribution in [0.2, 0.25) is 15.1 Å². The van der Waals surface area contributed by atoms with E-state index in [2.05, 4.69) is 10.6 Å². The van der Waals surface area contributed by atoms with Crippen LogP contribution in [0.25, 0.3) is 0 Å². The van der Waals surface area contributed by atoms with Crippen molar-refractivity contribution in [2.75, 3.05) is 24.2 Å². The zero-order valence-corrected chi connectivity index (χ0v) is 18.3. The number of likely N-dealkylation sites (N-methyl/N-ethyl adjacent to an activating group) is 1. The molecular weight excluding hydrogens is 457 g/mol. The first-order valence-corrected chi connectivity index (χ1v) is 10.5. The largest absolute Gasteiger partial charge is 0.336 e. The number of rotatable bonds is 5. The number of nitrogens with zero attached hydrogens (tertiary/aromatic N) is 1. The highest BCUT2D eigenvalue weighted by molar-refractivity contribution is 8.01. The van der Waals surface area contributed by atoms with Gasteiger partial charge in [0.1, 0.15) is 0 Å². The second-order valence-corrected chi connectivity index (χ2v) is 8.83. The molecule has 0 radical (unpaired) electrons. The minimum Gasteiger partial charge on any atom is -0.336 e. The molecular formula is C19H16Cl3N3O3S. The summed E-state index contributed by atoms with van der Waals surface area (Å²) in [5.74, 6) is -1.06. The second kappa shape index (κ2) is 9.26. The van der Waals surface area contributed by atoms with Gasteiger partial charge in [-0.3, -0.25) is 14.4 Å². The molecule has 1 unspecified atom stereocenters. The number of thioether (sulfide) groups is 1. The Morgan fingerprint density at radius 1 is 1.17 bits per heavy atom. The first-order valence-electron chi connectivity index (χ1n) is 8.49. The lowest BCUT2D eigenvalue weighted by molar-refractivity contribution is -0.134. The van der Waals surface area contributed by atoms with Crippen molar-refractivity contribution < 1.29 is 14.4 Å². The van der Waals surface area contributed by atoms with Crippen molar-refractivity contribution in [2.45, 2.75) is 16.6 Å². The molecule has 0 bridgehead atoms. The normalized spacial score (nSPS) is 15.3. The SMILES string of the molecule is CN(CC(=O)Nc1c(Cl)cccc1Cl)C(=O)CC1Sc2ccc(Cl)cc2NC1=O. The van der Waals surface area contributed by atoms with Crippen LogP contribution in [0.3, 0.4) is 0 Å². The summed E-state index contributed by atoms with van der Waals surface area (Å²) in [6.07, 6.45) is -0.0464. The van der Waals surface area contributed by atoms with Crippen molar-refractivity contribution in [2.24, 2.45) is 0 Å². The van der Waals surface area contributed by atoms with Crippen LogP contribution in [0, 0.1) is 0 Å². The molecule has 10 heteroatoms. The lowest BCUT2D eigenvalue weighted by atomic mass is 10.2. The van der Waals surface area contributed by atoms with E-state index in [1.165, 1.54) is 23.7 Å². The number of nitrogens with one attached hydrogen (secondary N) is 2. The maximum absolute atomic E-state index is 12.5. The zero-order valence-electron chi connectivity index (χ0n) is 15.2. The van der Waals surface area contributed by atoms with Crippen LogP contribution in [0.1, 0.15) is 6.42 Å². The van der Waals surface area contributed by atoms with Gasteiger partial charge in [-0.2, -0.15) is 0 Å². The molecule has 1 aliphatic rings. The lowest BCUT2D eigenvalue weighted by Crippen LogP contribution is -2.39. The standard InChI is InChI=1S/C19H16Cl3N3O3S/c1-25(9-16(26)24-18-11(21)3-2-4-12(18)22)17(27)8-15-19(28)23-13-7-10(20)5-6-14(13)29-15/h2-7,15H,8-9H2,1H3,(H,23,28)(H,24,26). The number of benzene rings is 2. The van der Waals surface area contributed by atoms with Crippen molar-refractivity contribution >= 4 is 75.7 Å². The Bertz CT molecular complexity index is 966. The van der Waals surface area contributed by atoms with E-state index >= 15 is 0 Å². The van der Waals surface area contributed by atoms with Gasteiger partial charge in [-0.1, -0.05) is 40.9 Å². The Morgan fingerprint density at radius 3 is 2.55 bits per heavy atom. The molecule has 0 aromatic heterocycles. The summed E-state index contributed by atoms with van der Waals surface area (Å²) in [4.78, 5) is 39.2. The summed E-state index contributed by atoms with van der Waals surface area (Å²) >= 11 is 19.3. The number of hydrogen-bond donors (Lipinski definition) is 2. The van der Waals surface area contributed by atoms with E-state index in [0.29, 0.717) is 26.4 Å². The molecule has 0 aliphatic carbocycles. The molecule has 2 N–H and O–H groups in total. The Labute approximate surface area is 186 Å². The fourth-order valence-corrected chi connectivity index (χ4v) is 4.42. The van der Waals surface area contributed by atoms with Gasteiger partial charge in [-0.05, 0) is 30.3 Å². The van der Waals surface area contributed by atoms with Gasteiger partial charge in [0.2, 0.25) is 17.7 Å². The smallest absolute Gasteiger partial charge is 0.244 e. The molecule has 0 saturated heterocycles. The molecule has 2 aromatic rings. The predicted octanol–water partition coefficient (Wildman–Crippen LogP) is 4.55. The highest BCUT2D eigenvalue weighted by Crippen LogP contribution is 2.38. The van der Waals surface area contributed by atoms with Crippen LogP contribution in [0.5, 0.6) is 0 Å². The number of anilines is 2. The second-order valence-electron chi connectivity index (χ2n) is 6.33. The van der Waals surface area contributed by atoms with E-state index in [9.17, 15) is 14.4 Å². The average molecular weight is 473 g/mol. The molecule has 152 valence electrons. The molecule has 1 atom stereocenters. The third kappa shape index (κ3) is 5.36. The van der Waals surface area contributed by atoms with Crippen molar-refractivity contribution in [3.05, 3.63) is 51.5 Å². The van der Waals surface area contributed by atoms with Crippen LogP contribution < -0.4 is 10.6 Å². The third-order valence-electron chi connectivity index (χ3n) is 4.15. The molecule has 2 aromatic carbocycles. The van der Waals surface area contributed by atoms with Crippen LogP contribution in [-0.2, 0) is 14.4 Å². The van der Waals surface area contributed by atoms with Crippen LogP contribution in [0.15, 0.2) is 41.3 Å². The number of para-hydroxylation sites is 1. The Balaban J connectivity index is 1.58. The van der Waals surface area contributed by atoms with Crippen LogP contribution in [-0.4, -0.2) is 41.5 Å². The van der Waals surface area contributed by atoms with Crippen molar-refractivity contribution in [3.63, 3.8) is 0 Å². The van der Waals surface area contributed by atoms with Gasteiger partial charge in [0.15, 0.2) is 0 Å². The lowest BCUT2D eigenvalue weighted by Gasteiger charge is -2.25. The summed E-state index contributed by atoms with van der Waals surface area (Å²) in [6.45, 7) is -0.203. The summed E-state index contributed by atoms with van der Waals surface area (Å²) in [5.41, 5.74) is 0.916. The molecule has 6 nitrogen and oxygen atoms in total. The first-order chi connectivity index (χ1) is 13.7. The highest BCUT2D eigenvalue weighted by atomic mass is 35.5. The van der Waals surface area contributed by atoms with Gasteiger partial charge in [-0.25, -0.2) is 0 Å². The third-order valence-corrected chi connectivity index (χ3v) is 6.30. The summed E-state index contributed by atoms with van der Waals surface area (Å²) < 4.78 is 0. The van der Waals surface area contributed by atoms with E-state index in [1.54, 1.807) is 36.4 Å². The topological polar surface area (TPSA) is 78.5 Å². The molecule has 0 saturated carbocycles. The minimum absolute atomic E-state index is 0.0464. The summed E-state index contributed by atoms with van der Waals surface area (Å²) in [5, 5.41) is 5.88. The van der Waals surface area contributed by atoms with Gasteiger partial charge in [0, 0.05) is 23.4 Å². The van der Waals surface area contributed by atoms with Crippen molar-refractivity contribution in [3.8, 4) is 0 Å². The predicted molar refractivity (Wildman–Crippen MR) is 117 cm³/mol. The quantitative estimate of drug-likeness (QED) is 0.669. The van der Waals surface area contributed by atoms with E-state index in [1.807, 2.05) is 0 Å². The van der Waals surface area contributed by atoms with E-state index < -0.39 is 11.2 Å². The summed E-state index contributed by atoms with van der Waals surface area (Å²) in [6, 6.07) is 10.0. The minimum atomic E-state index is -0.598. The van der Waals surface area contributed by atoms with Crippen LogP contribution >= 0.6 is 46.6 Å². The number of fused-ring (bicyclic) bond motifs is 1. The molecule has 3 amide bonds. The van der Waals surface area contributed by atoms with Gasteiger partial charge >= 0.3 is 0 Å². The van der Waals surface area contributed by atoms with Gasteiger partial charge in [-0.15, -0.1) is 11.8 Å². The molecule has 1 heterocycles. The fourth-order valence-electron chi connectivity index (χ4n) is 2.67. The molecule has 0 spiro atoms. The Hall–Kier alpha value is -1.93. The molecule has 0 fully saturated rings. The van der Waals surface area contributed by atoms with Gasteiger partial charge in [0.05, 0.1) is 33.2 Å². The first kappa shape index (κ1) is 21.8. The number of carbonyl (C=O) groups excluding carboxylic acids is 3. The number of halogens is 3. The number of hydrogen-bond acceptors (Lipinski definition) is 4. The van der Waals surface area contributed by atoms with E-state index in [-0.39, 0.29) is 24.8 Å². The number of carbonyl (C=O) groups is 3. The van der Waals surface area contributed by atoms with Crippen molar-refractivity contribution in [1.82, 2.24) is 4.90 Å². The Morgan fingerprint density at radius 2 is 1.86 bits per heavy atom. The maximum atomic E-state index is 12.5.